The molecule has 0 aliphatic heterocycles. The number of nitrogens with zero attached hydrogens (tertiary/aromatic N) is 1. The monoisotopic (exact) mass is 265 g/mol. The zero-order valence-corrected chi connectivity index (χ0v) is 10.5. The number of rotatable bonds is 5. The van der Waals surface area contributed by atoms with Gasteiger partial charge in [-0.3, -0.25) is 0 Å². The average molecular weight is 266 g/mol. The minimum atomic E-state index is -1.03. The van der Waals surface area contributed by atoms with E-state index in [4.69, 9.17) is 26.7 Å². The van der Waals surface area contributed by atoms with Crippen molar-refractivity contribution < 1.29 is 14.6 Å². The van der Waals surface area contributed by atoms with Gasteiger partial charge >= 0.3 is 5.97 Å². The largest absolute Gasteiger partial charge is 0.478 e. The maximum absolute atomic E-state index is 10.4. The molecule has 0 saturated carbocycles. The van der Waals surface area contributed by atoms with Gasteiger partial charge in [0.25, 0.3) is 0 Å². The van der Waals surface area contributed by atoms with Crippen LogP contribution >= 0.6 is 11.6 Å². The third-order valence-corrected chi connectivity index (χ3v) is 2.45. The van der Waals surface area contributed by atoms with Gasteiger partial charge in [0, 0.05) is 6.08 Å². The van der Waals surface area contributed by atoms with Crippen molar-refractivity contribution in [1.29, 1.82) is 5.26 Å². The first kappa shape index (κ1) is 14.1. The van der Waals surface area contributed by atoms with E-state index < -0.39 is 12.1 Å². The summed E-state index contributed by atoms with van der Waals surface area (Å²) in [5, 5.41) is 17.6. The molecule has 0 radical (unpaired) electrons. The molecule has 94 valence electrons. The minimum absolute atomic E-state index is 0.344. The van der Waals surface area contributed by atoms with Crippen LogP contribution < -0.4 is 4.74 Å². The first-order valence-electron chi connectivity index (χ1n) is 5.33. The predicted octanol–water partition coefficient (Wildman–Crippen LogP) is 3.12. The van der Waals surface area contributed by atoms with Gasteiger partial charge in [0.05, 0.1) is 5.02 Å². The lowest BCUT2D eigenvalue weighted by Gasteiger charge is -2.11. The van der Waals surface area contributed by atoms with Crippen molar-refractivity contribution in [3.63, 3.8) is 0 Å². The van der Waals surface area contributed by atoms with E-state index in [1.807, 2.05) is 13.0 Å². The summed E-state index contributed by atoms with van der Waals surface area (Å²) in [7, 11) is 0. The van der Waals surface area contributed by atoms with Crippen LogP contribution in [0.4, 0.5) is 0 Å². The molecule has 0 bridgehead atoms. The fourth-order valence-corrected chi connectivity index (χ4v) is 1.47. The van der Waals surface area contributed by atoms with Crippen molar-refractivity contribution in [2.24, 2.45) is 0 Å². The highest BCUT2D eigenvalue weighted by molar-refractivity contribution is 6.32. The second kappa shape index (κ2) is 6.67. The fourth-order valence-electron chi connectivity index (χ4n) is 1.24. The highest BCUT2D eigenvalue weighted by Crippen LogP contribution is 2.27. The molecule has 0 saturated heterocycles. The summed E-state index contributed by atoms with van der Waals surface area (Å²) in [6.07, 6.45) is 2.48. The summed E-state index contributed by atoms with van der Waals surface area (Å²) in [4.78, 5) is 10.4. The molecular weight excluding hydrogens is 254 g/mol. The molecule has 1 N–H and O–H groups in total. The Bertz CT molecular complexity index is 505. The zero-order chi connectivity index (χ0) is 13.5. The number of carboxylic acids is 1. The van der Waals surface area contributed by atoms with Gasteiger partial charge in [-0.1, -0.05) is 24.6 Å². The summed E-state index contributed by atoms with van der Waals surface area (Å²) < 4.78 is 5.39. The van der Waals surface area contributed by atoms with Crippen LogP contribution in [0.5, 0.6) is 5.75 Å². The highest BCUT2D eigenvalue weighted by atomic mass is 35.5. The fraction of sp³-hybridized carbons (Fsp3) is 0.231. The number of aliphatic carboxylic acids is 1. The SMILES string of the molecule is CCC(C#N)Oc1ccc(C=CC(=O)O)cc1Cl. The molecule has 0 aliphatic carbocycles. The number of carbonyl (C=O) groups is 1. The molecule has 0 heterocycles. The number of halogens is 1. The van der Waals surface area contributed by atoms with Crippen LogP contribution in [0.3, 0.4) is 0 Å². The van der Waals surface area contributed by atoms with E-state index in [1.54, 1.807) is 18.2 Å². The average Bonchev–Trinajstić information content (AvgIpc) is 2.35. The van der Waals surface area contributed by atoms with E-state index in [0.717, 1.165) is 6.08 Å². The highest BCUT2D eigenvalue weighted by Gasteiger charge is 2.09. The molecule has 1 rings (SSSR count). The molecule has 5 heteroatoms. The van der Waals surface area contributed by atoms with Gasteiger partial charge in [0.2, 0.25) is 0 Å². The smallest absolute Gasteiger partial charge is 0.328 e. The summed E-state index contributed by atoms with van der Waals surface area (Å²) in [6.45, 7) is 1.84. The van der Waals surface area contributed by atoms with Crippen molar-refractivity contribution in [2.75, 3.05) is 0 Å². The molecule has 0 aliphatic rings. The summed E-state index contributed by atoms with van der Waals surface area (Å²) in [5.41, 5.74) is 0.653. The quantitative estimate of drug-likeness (QED) is 0.831. The van der Waals surface area contributed by atoms with Crippen LogP contribution in [0.15, 0.2) is 24.3 Å². The number of hydrogen-bond acceptors (Lipinski definition) is 3. The van der Waals surface area contributed by atoms with Crippen LogP contribution in [-0.2, 0) is 4.79 Å². The Morgan fingerprint density at radius 3 is 2.89 bits per heavy atom. The van der Waals surface area contributed by atoms with E-state index in [9.17, 15) is 4.79 Å². The minimum Gasteiger partial charge on any atom is -0.478 e. The molecule has 18 heavy (non-hydrogen) atoms. The molecule has 1 aromatic carbocycles. The van der Waals surface area contributed by atoms with E-state index in [2.05, 4.69) is 0 Å². The number of ether oxygens (including phenoxy) is 1. The Morgan fingerprint density at radius 1 is 1.67 bits per heavy atom. The van der Waals surface area contributed by atoms with Gasteiger partial charge < -0.3 is 9.84 Å². The van der Waals surface area contributed by atoms with Crippen LogP contribution in [0.2, 0.25) is 5.02 Å². The lowest BCUT2D eigenvalue weighted by Crippen LogP contribution is -2.12. The van der Waals surface area contributed by atoms with E-state index in [0.29, 0.717) is 22.8 Å². The molecule has 1 atom stereocenters. The zero-order valence-electron chi connectivity index (χ0n) is 9.76. The number of nitriles is 1. The standard InChI is InChI=1S/C13H12ClNO3/c1-2-10(8-15)18-12-5-3-9(7-11(12)14)4-6-13(16)17/h3-7,10H,2H2,1H3,(H,16,17). The maximum atomic E-state index is 10.4. The van der Waals surface area contributed by atoms with Crippen molar-refractivity contribution in [2.45, 2.75) is 19.4 Å². The van der Waals surface area contributed by atoms with Crippen molar-refractivity contribution in [3.05, 3.63) is 34.9 Å². The van der Waals surface area contributed by atoms with E-state index in [-0.39, 0.29) is 0 Å². The van der Waals surface area contributed by atoms with Gasteiger partial charge in [-0.05, 0) is 30.2 Å². The third-order valence-electron chi connectivity index (χ3n) is 2.16. The molecule has 0 spiro atoms. The first-order valence-corrected chi connectivity index (χ1v) is 5.71. The molecule has 0 aromatic heterocycles. The molecular formula is C13H12ClNO3. The number of carboxylic acid groups (broad SMARTS) is 1. The van der Waals surface area contributed by atoms with Crippen molar-refractivity contribution >= 4 is 23.6 Å². The molecule has 0 amide bonds. The van der Waals surface area contributed by atoms with Gasteiger partial charge in [-0.2, -0.15) is 5.26 Å². The molecule has 0 fully saturated rings. The summed E-state index contributed by atoms with van der Waals surface area (Å²) in [6, 6.07) is 6.88. The van der Waals surface area contributed by atoms with Crippen LogP contribution in [0.1, 0.15) is 18.9 Å². The van der Waals surface area contributed by atoms with Crippen LogP contribution in [0.25, 0.3) is 6.08 Å². The maximum Gasteiger partial charge on any atom is 0.328 e. The summed E-state index contributed by atoms with van der Waals surface area (Å²) >= 11 is 5.99. The van der Waals surface area contributed by atoms with Gasteiger partial charge in [-0.15, -0.1) is 0 Å². The third kappa shape index (κ3) is 4.11. The lowest BCUT2D eigenvalue weighted by molar-refractivity contribution is -0.131. The Balaban J connectivity index is 2.86. The van der Waals surface area contributed by atoms with E-state index in [1.165, 1.54) is 6.08 Å². The van der Waals surface area contributed by atoms with Gasteiger partial charge in [0.15, 0.2) is 6.10 Å². The number of hydrogen-bond donors (Lipinski definition) is 1. The second-order valence-electron chi connectivity index (χ2n) is 3.51. The van der Waals surface area contributed by atoms with Crippen LogP contribution in [-0.4, -0.2) is 17.2 Å². The second-order valence-corrected chi connectivity index (χ2v) is 3.91. The topological polar surface area (TPSA) is 70.3 Å². The van der Waals surface area contributed by atoms with Gasteiger partial charge in [-0.25, -0.2) is 4.79 Å². The normalized spacial score (nSPS) is 12.1. The predicted molar refractivity (Wildman–Crippen MR) is 68.4 cm³/mol. The van der Waals surface area contributed by atoms with Crippen molar-refractivity contribution in [1.82, 2.24) is 0 Å². The molecule has 1 unspecified atom stereocenters. The summed E-state index contributed by atoms with van der Waals surface area (Å²) in [5.74, 6) is -0.612. The van der Waals surface area contributed by atoms with Crippen molar-refractivity contribution in [3.8, 4) is 11.8 Å². The first-order chi connectivity index (χ1) is 8.56. The Labute approximate surface area is 110 Å². The van der Waals surface area contributed by atoms with Gasteiger partial charge in [0.1, 0.15) is 11.8 Å². The molecule has 4 nitrogen and oxygen atoms in total. The Morgan fingerprint density at radius 2 is 2.39 bits per heavy atom. The van der Waals surface area contributed by atoms with E-state index >= 15 is 0 Å². The molecule has 1 aromatic rings. The lowest BCUT2D eigenvalue weighted by atomic mass is 10.2. The number of benzene rings is 1. The van der Waals surface area contributed by atoms with Crippen LogP contribution in [0, 0.1) is 11.3 Å². The Kier molecular flexibility index (Phi) is 5.22. The Hall–Kier alpha value is -1.99.